The number of benzene rings is 1. The first-order valence-electron chi connectivity index (χ1n) is 11.5. The molecule has 0 amide bonds. The van der Waals surface area contributed by atoms with Gasteiger partial charge in [0.25, 0.3) is 0 Å². The zero-order valence-corrected chi connectivity index (χ0v) is 19.7. The molecule has 1 saturated heterocycles. The van der Waals surface area contributed by atoms with Gasteiger partial charge in [0.2, 0.25) is 10.0 Å². The molecule has 0 bridgehead atoms. The van der Waals surface area contributed by atoms with Crippen molar-refractivity contribution >= 4 is 16.0 Å². The summed E-state index contributed by atoms with van der Waals surface area (Å²) >= 11 is 0. The first-order valence-corrected chi connectivity index (χ1v) is 13.1. The molecule has 7 heteroatoms. The third-order valence-corrected chi connectivity index (χ3v) is 8.19. The topological polar surface area (TPSA) is 73.8 Å². The maximum Gasteiger partial charge on any atom is 0.214 e. The number of hydrogen-bond donors (Lipinski definition) is 2. The molecule has 1 aliphatic heterocycles. The number of sulfonamides is 1. The van der Waals surface area contributed by atoms with Gasteiger partial charge in [0.05, 0.1) is 5.75 Å². The first-order chi connectivity index (χ1) is 14.3. The zero-order chi connectivity index (χ0) is 21.7. The highest BCUT2D eigenvalue weighted by atomic mass is 32.2. The van der Waals surface area contributed by atoms with Gasteiger partial charge >= 0.3 is 0 Å². The number of nitrogens with zero attached hydrogens (tertiary/aromatic N) is 2. The lowest BCUT2D eigenvalue weighted by Crippen LogP contribution is -2.50. The fraction of sp³-hybridized carbons (Fsp3) is 0.696. The summed E-state index contributed by atoms with van der Waals surface area (Å²) in [6.45, 7) is 10.3. The zero-order valence-electron chi connectivity index (χ0n) is 18.9. The molecule has 1 aromatic carbocycles. The summed E-state index contributed by atoms with van der Waals surface area (Å²) in [6.07, 6.45) is 3.43. The van der Waals surface area contributed by atoms with Crippen molar-refractivity contribution in [1.82, 2.24) is 14.9 Å². The van der Waals surface area contributed by atoms with E-state index in [2.05, 4.69) is 53.7 Å². The average molecular weight is 435 g/mol. The van der Waals surface area contributed by atoms with Crippen LogP contribution in [-0.2, 0) is 10.0 Å². The molecule has 2 N–H and O–H groups in total. The standard InChI is InChI=1S/C23H38N4O2S/c1-5-15-30(28,29)27-13-11-20(12-14-27)25-23(24-6-2)26-22-16-21(22)19-9-7-18(8-10-19)17(3)4/h7-10,17,20-22H,5-6,11-16H2,1-4H3,(H2,24,25,26). The van der Waals surface area contributed by atoms with Crippen molar-refractivity contribution in [2.24, 2.45) is 4.99 Å². The molecule has 0 aromatic heterocycles. The van der Waals surface area contributed by atoms with Crippen molar-refractivity contribution in [3.8, 4) is 0 Å². The molecule has 3 rings (SSSR count). The normalized spacial score (nSPS) is 23.6. The van der Waals surface area contributed by atoms with Crippen LogP contribution in [0.3, 0.4) is 0 Å². The Balaban J connectivity index is 1.50. The number of piperidine rings is 1. The second-order valence-corrected chi connectivity index (χ2v) is 11.0. The molecular weight excluding hydrogens is 396 g/mol. The Morgan fingerprint density at radius 2 is 1.80 bits per heavy atom. The van der Waals surface area contributed by atoms with Crippen molar-refractivity contribution in [1.29, 1.82) is 0 Å². The van der Waals surface area contributed by atoms with Crippen LogP contribution in [0.25, 0.3) is 0 Å². The van der Waals surface area contributed by atoms with Crippen LogP contribution in [0.1, 0.15) is 76.3 Å². The van der Waals surface area contributed by atoms with Gasteiger partial charge in [0.15, 0.2) is 5.96 Å². The summed E-state index contributed by atoms with van der Waals surface area (Å²) in [4.78, 5) is 4.62. The number of nitrogens with one attached hydrogen (secondary N) is 2. The molecular formula is C23H38N4O2S. The quantitative estimate of drug-likeness (QED) is 0.486. The molecule has 1 heterocycles. The molecule has 1 saturated carbocycles. The number of hydrogen-bond acceptors (Lipinski definition) is 3. The van der Waals surface area contributed by atoms with E-state index in [4.69, 9.17) is 0 Å². The lowest BCUT2D eigenvalue weighted by molar-refractivity contribution is 0.306. The Kier molecular flexibility index (Phi) is 7.80. The van der Waals surface area contributed by atoms with Crippen LogP contribution < -0.4 is 10.6 Å². The van der Waals surface area contributed by atoms with Gasteiger partial charge in [0, 0.05) is 37.6 Å². The Bertz CT molecular complexity index is 812. The second-order valence-electron chi connectivity index (χ2n) is 8.87. The molecule has 2 fully saturated rings. The van der Waals surface area contributed by atoms with E-state index in [0.29, 0.717) is 37.4 Å². The van der Waals surface area contributed by atoms with E-state index < -0.39 is 10.0 Å². The van der Waals surface area contributed by atoms with E-state index in [1.54, 1.807) is 4.31 Å². The van der Waals surface area contributed by atoms with Crippen molar-refractivity contribution in [2.45, 2.75) is 77.3 Å². The minimum absolute atomic E-state index is 0.246. The summed E-state index contributed by atoms with van der Waals surface area (Å²) in [5.74, 6) is 2.20. The van der Waals surface area contributed by atoms with Crippen molar-refractivity contribution in [3.63, 3.8) is 0 Å². The summed E-state index contributed by atoms with van der Waals surface area (Å²) < 4.78 is 26.2. The minimum Gasteiger partial charge on any atom is -0.354 e. The second kappa shape index (κ2) is 10.1. The lowest BCUT2D eigenvalue weighted by Gasteiger charge is -2.32. The van der Waals surface area contributed by atoms with Gasteiger partial charge in [-0.2, -0.15) is 0 Å². The molecule has 30 heavy (non-hydrogen) atoms. The summed E-state index contributed by atoms with van der Waals surface area (Å²) in [5, 5.41) is 7.14. The van der Waals surface area contributed by atoms with Crippen LogP contribution >= 0.6 is 0 Å². The van der Waals surface area contributed by atoms with E-state index in [1.807, 2.05) is 13.8 Å². The molecule has 2 unspecified atom stereocenters. The van der Waals surface area contributed by atoms with E-state index >= 15 is 0 Å². The van der Waals surface area contributed by atoms with Crippen LogP contribution in [0.5, 0.6) is 0 Å². The summed E-state index contributed by atoms with van der Waals surface area (Å²) in [6, 6.07) is 9.69. The molecule has 0 radical (unpaired) electrons. The number of aliphatic imine (C=N–C) groups is 1. The molecule has 2 atom stereocenters. The predicted octanol–water partition coefficient (Wildman–Crippen LogP) is 3.43. The monoisotopic (exact) mass is 434 g/mol. The van der Waals surface area contributed by atoms with Gasteiger partial charge in [-0.15, -0.1) is 0 Å². The summed E-state index contributed by atoms with van der Waals surface area (Å²) in [5.41, 5.74) is 2.77. The largest absolute Gasteiger partial charge is 0.354 e. The van der Waals surface area contributed by atoms with Crippen LogP contribution in [0.15, 0.2) is 29.3 Å². The molecule has 168 valence electrons. The smallest absolute Gasteiger partial charge is 0.214 e. The van der Waals surface area contributed by atoms with Crippen LogP contribution in [-0.4, -0.2) is 56.2 Å². The van der Waals surface area contributed by atoms with Gasteiger partial charge in [-0.3, -0.25) is 4.99 Å². The van der Waals surface area contributed by atoms with Gasteiger partial charge in [-0.1, -0.05) is 45.0 Å². The molecule has 0 spiro atoms. The molecule has 2 aliphatic rings. The fourth-order valence-corrected chi connectivity index (χ4v) is 5.72. The summed E-state index contributed by atoms with van der Waals surface area (Å²) in [7, 11) is -3.09. The molecule has 6 nitrogen and oxygen atoms in total. The lowest BCUT2D eigenvalue weighted by atomic mass is 10.0. The Labute approximate surface area is 182 Å². The van der Waals surface area contributed by atoms with Crippen LogP contribution in [0.2, 0.25) is 0 Å². The molecule has 1 aliphatic carbocycles. The van der Waals surface area contributed by atoms with E-state index in [-0.39, 0.29) is 11.8 Å². The van der Waals surface area contributed by atoms with Crippen LogP contribution in [0, 0.1) is 0 Å². The van der Waals surface area contributed by atoms with E-state index in [0.717, 1.165) is 31.8 Å². The highest BCUT2D eigenvalue weighted by Crippen LogP contribution is 2.41. The highest BCUT2D eigenvalue weighted by molar-refractivity contribution is 7.89. The van der Waals surface area contributed by atoms with Crippen molar-refractivity contribution in [3.05, 3.63) is 35.4 Å². The van der Waals surface area contributed by atoms with Gasteiger partial charge in [0.1, 0.15) is 0 Å². The highest BCUT2D eigenvalue weighted by Gasteiger charge is 2.39. The van der Waals surface area contributed by atoms with Crippen molar-refractivity contribution < 1.29 is 8.42 Å². The van der Waals surface area contributed by atoms with Crippen molar-refractivity contribution in [2.75, 3.05) is 25.4 Å². The maximum absolute atomic E-state index is 12.3. The van der Waals surface area contributed by atoms with Gasteiger partial charge in [-0.05, 0) is 49.7 Å². The van der Waals surface area contributed by atoms with E-state index in [9.17, 15) is 8.42 Å². The molecule has 1 aromatic rings. The van der Waals surface area contributed by atoms with Crippen LogP contribution in [0.4, 0.5) is 0 Å². The number of rotatable bonds is 8. The van der Waals surface area contributed by atoms with Gasteiger partial charge < -0.3 is 10.6 Å². The predicted molar refractivity (Wildman–Crippen MR) is 125 cm³/mol. The minimum atomic E-state index is -3.09. The third kappa shape index (κ3) is 5.97. The first kappa shape index (κ1) is 23.1. The Morgan fingerprint density at radius 1 is 1.13 bits per heavy atom. The van der Waals surface area contributed by atoms with Gasteiger partial charge in [-0.25, -0.2) is 12.7 Å². The fourth-order valence-electron chi connectivity index (χ4n) is 4.18. The Morgan fingerprint density at radius 3 is 2.37 bits per heavy atom. The Hall–Kier alpha value is -1.60. The maximum atomic E-state index is 12.3. The van der Waals surface area contributed by atoms with E-state index in [1.165, 1.54) is 11.1 Å². The SMILES string of the molecule is CCCS(=O)(=O)N1CCC(NC(=NCC)NC2CC2c2ccc(C(C)C)cc2)CC1. The average Bonchev–Trinajstić information content (AvgIpc) is 3.47. The number of guanidine groups is 1. The third-order valence-electron chi connectivity index (χ3n) is 6.11.